The van der Waals surface area contributed by atoms with E-state index < -0.39 is 0 Å². The van der Waals surface area contributed by atoms with Crippen molar-refractivity contribution in [1.29, 1.82) is 5.26 Å². The van der Waals surface area contributed by atoms with Crippen molar-refractivity contribution in [3.8, 4) is 6.07 Å². The van der Waals surface area contributed by atoms with Gasteiger partial charge in [-0.2, -0.15) is 5.26 Å². The number of nitrogens with one attached hydrogen (secondary N) is 1. The SMILES string of the molecule is CC(C)c1[nH]cnc1C#N. The largest absolute Gasteiger partial charge is 0.347 e. The Bertz CT molecular complexity index is 254. The van der Waals surface area contributed by atoms with Crippen LogP contribution in [0.25, 0.3) is 0 Å². The van der Waals surface area contributed by atoms with E-state index in [9.17, 15) is 0 Å². The molecule has 0 fully saturated rings. The third-order valence-corrected chi connectivity index (χ3v) is 1.35. The molecule has 0 bridgehead atoms. The first-order chi connectivity index (χ1) is 4.75. The van der Waals surface area contributed by atoms with E-state index in [1.807, 2.05) is 19.9 Å². The summed E-state index contributed by atoms with van der Waals surface area (Å²) in [5.41, 5.74) is 1.43. The third-order valence-electron chi connectivity index (χ3n) is 1.35. The normalized spacial score (nSPS) is 9.80. The van der Waals surface area contributed by atoms with E-state index in [2.05, 4.69) is 9.97 Å². The van der Waals surface area contributed by atoms with E-state index >= 15 is 0 Å². The molecule has 1 aromatic rings. The van der Waals surface area contributed by atoms with Gasteiger partial charge < -0.3 is 4.98 Å². The molecule has 3 heteroatoms. The average Bonchev–Trinajstić information content (AvgIpc) is 2.33. The molecule has 0 saturated carbocycles. The van der Waals surface area contributed by atoms with Crippen LogP contribution in [-0.4, -0.2) is 9.97 Å². The van der Waals surface area contributed by atoms with Crippen LogP contribution in [-0.2, 0) is 0 Å². The van der Waals surface area contributed by atoms with E-state index in [0.29, 0.717) is 11.6 Å². The molecule has 52 valence electrons. The highest BCUT2D eigenvalue weighted by atomic mass is 14.9. The Hall–Kier alpha value is -1.30. The second-order valence-electron chi connectivity index (χ2n) is 2.43. The Labute approximate surface area is 59.7 Å². The fourth-order valence-electron chi connectivity index (χ4n) is 0.833. The minimum atomic E-state index is 0.345. The lowest BCUT2D eigenvalue weighted by Gasteiger charge is -1.98. The van der Waals surface area contributed by atoms with Gasteiger partial charge in [0.05, 0.1) is 12.0 Å². The first kappa shape index (κ1) is 6.81. The summed E-state index contributed by atoms with van der Waals surface area (Å²) in [6, 6.07) is 2.01. The van der Waals surface area contributed by atoms with Crippen molar-refractivity contribution >= 4 is 0 Å². The monoisotopic (exact) mass is 135 g/mol. The number of nitrogens with zero attached hydrogens (tertiary/aromatic N) is 2. The quantitative estimate of drug-likeness (QED) is 0.632. The lowest BCUT2D eigenvalue weighted by Crippen LogP contribution is -1.90. The first-order valence-corrected chi connectivity index (χ1v) is 3.19. The summed E-state index contributed by atoms with van der Waals surface area (Å²) in [5.74, 6) is 0.345. The summed E-state index contributed by atoms with van der Waals surface area (Å²) in [4.78, 5) is 6.76. The molecule has 3 nitrogen and oxygen atoms in total. The maximum absolute atomic E-state index is 8.52. The standard InChI is InChI=1S/C7H9N3/c1-5(2)7-6(3-8)9-4-10-7/h4-5H,1-2H3,(H,9,10). The highest BCUT2D eigenvalue weighted by Crippen LogP contribution is 2.13. The highest BCUT2D eigenvalue weighted by Gasteiger charge is 2.06. The second kappa shape index (κ2) is 2.53. The zero-order valence-corrected chi connectivity index (χ0v) is 6.05. The fraction of sp³-hybridized carbons (Fsp3) is 0.429. The van der Waals surface area contributed by atoms with Crippen molar-refractivity contribution < 1.29 is 0 Å². The molecule has 0 atom stereocenters. The van der Waals surface area contributed by atoms with E-state index in [1.54, 1.807) is 6.33 Å². The molecule has 0 aromatic carbocycles. The Balaban J connectivity index is 3.05. The van der Waals surface area contributed by atoms with Gasteiger partial charge in [0.1, 0.15) is 6.07 Å². The van der Waals surface area contributed by atoms with Gasteiger partial charge in [-0.1, -0.05) is 13.8 Å². The zero-order chi connectivity index (χ0) is 7.56. The third kappa shape index (κ3) is 1.01. The molecule has 0 spiro atoms. The Morgan fingerprint density at radius 3 is 2.80 bits per heavy atom. The van der Waals surface area contributed by atoms with Crippen LogP contribution in [0.1, 0.15) is 31.2 Å². The van der Waals surface area contributed by atoms with Gasteiger partial charge in [-0.15, -0.1) is 0 Å². The van der Waals surface area contributed by atoms with Gasteiger partial charge in [-0.25, -0.2) is 4.98 Å². The number of aromatic amines is 1. The number of nitriles is 1. The van der Waals surface area contributed by atoms with E-state index in [-0.39, 0.29) is 0 Å². The van der Waals surface area contributed by atoms with Crippen molar-refractivity contribution in [2.75, 3.05) is 0 Å². The van der Waals surface area contributed by atoms with E-state index in [1.165, 1.54) is 0 Å². The molecule has 0 aliphatic carbocycles. The van der Waals surface area contributed by atoms with Gasteiger partial charge in [-0.05, 0) is 5.92 Å². The lowest BCUT2D eigenvalue weighted by molar-refractivity contribution is 0.828. The van der Waals surface area contributed by atoms with Crippen LogP contribution in [0.3, 0.4) is 0 Å². The van der Waals surface area contributed by atoms with E-state index in [0.717, 1.165) is 5.69 Å². The lowest BCUT2D eigenvalue weighted by atomic mass is 10.1. The van der Waals surface area contributed by atoms with Gasteiger partial charge in [0.25, 0.3) is 0 Å². The topological polar surface area (TPSA) is 52.5 Å². The van der Waals surface area contributed by atoms with Crippen molar-refractivity contribution in [2.24, 2.45) is 0 Å². The molecule has 1 N–H and O–H groups in total. The summed E-state index contributed by atoms with van der Waals surface area (Å²) in [6.07, 6.45) is 1.55. The Morgan fingerprint density at radius 1 is 1.70 bits per heavy atom. The predicted molar refractivity (Wildman–Crippen MR) is 37.4 cm³/mol. The number of hydrogen-bond donors (Lipinski definition) is 1. The van der Waals surface area contributed by atoms with Gasteiger partial charge in [0.15, 0.2) is 5.69 Å². The van der Waals surface area contributed by atoms with Crippen LogP contribution in [0.15, 0.2) is 6.33 Å². The van der Waals surface area contributed by atoms with Crippen LogP contribution in [0.4, 0.5) is 0 Å². The van der Waals surface area contributed by atoms with E-state index in [4.69, 9.17) is 5.26 Å². The molecule has 0 saturated heterocycles. The summed E-state index contributed by atoms with van der Waals surface area (Å²) >= 11 is 0. The molecule has 0 aliphatic rings. The fourth-order valence-corrected chi connectivity index (χ4v) is 0.833. The average molecular weight is 135 g/mol. The smallest absolute Gasteiger partial charge is 0.161 e. The second-order valence-corrected chi connectivity index (χ2v) is 2.43. The molecule has 0 amide bonds. The maximum atomic E-state index is 8.52. The van der Waals surface area contributed by atoms with Crippen LogP contribution < -0.4 is 0 Å². The van der Waals surface area contributed by atoms with Crippen LogP contribution in [0.2, 0.25) is 0 Å². The number of hydrogen-bond acceptors (Lipinski definition) is 2. The minimum absolute atomic E-state index is 0.345. The molecular formula is C7H9N3. The Kier molecular flexibility index (Phi) is 1.72. The predicted octanol–water partition coefficient (Wildman–Crippen LogP) is 1.40. The summed E-state index contributed by atoms with van der Waals surface area (Å²) in [6.45, 7) is 4.04. The van der Waals surface area contributed by atoms with Crippen molar-refractivity contribution in [3.63, 3.8) is 0 Å². The number of H-pyrrole nitrogens is 1. The molecule has 10 heavy (non-hydrogen) atoms. The summed E-state index contributed by atoms with van der Waals surface area (Å²) in [5, 5.41) is 8.52. The number of aromatic nitrogens is 2. The van der Waals surface area contributed by atoms with Gasteiger partial charge in [-0.3, -0.25) is 0 Å². The molecular weight excluding hydrogens is 126 g/mol. The van der Waals surface area contributed by atoms with Crippen molar-refractivity contribution in [2.45, 2.75) is 19.8 Å². The van der Waals surface area contributed by atoms with Crippen LogP contribution >= 0.6 is 0 Å². The summed E-state index contributed by atoms with van der Waals surface area (Å²) in [7, 11) is 0. The molecule has 1 heterocycles. The summed E-state index contributed by atoms with van der Waals surface area (Å²) < 4.78 is 0. The van der Waals surface area contributed by atoms with Gasteiger partial charge in [0, 0.05) is 0 Å². The Morgan fingerprint density at radius 2 is 2.40 bits per heavy atom. The molecule has 1 aromatic heterocycles. The zero-order valence-electron chi connectivity index (χ0n) is 6.05. The molecule has 1 rings (SSSR count). The number of imidazole rings is 1. The van der Waals surface area contributed by atoms with Gasteiger partial charge >= 0.3 is 0 Å². The van der Waals surface area contributed by atoms with Crippen molar-refractivity contribution in [1.82, 2.24) is 9.97 Å². The van der Waals surface area contributed by atoms with Gasteiger partial charge in [0.2, 0.25) is 0 Å². The van der Waals surface area contributed by atoms with Crippen LogP contribution in [0, 0.1) is 11.3 Å². The number of rotatable bonds is 1. The minimum Gasteiger partial charge on any atom is -0.347 e. The maximum Gasteiger partial charge on any atom is 0.161 e. The molecule has 0 aliphatic heterocycles. The van der Waals surface area contributed by atoms with Crippen molar-refractivity contribution in [3.05, 3.63) is 17.7 Å². The highest BCUT2D eigenvalue weighted by molar-refractivity contribution is 5.27. The molecule has 0 radical (unpaired) electrons. The van der Waals surface area contributed by atoms with Crippen LogP contribution in [0.5, 0.6) is 0 Å². The molecule has 0 unspecified atom stereocenters. The first-order valence-electron chi connectivity index (χ1n) is 3.19.